The lowest BCUT2D eigenvalue weighted by molar-refractivity contribution is 0.0601. The molecule has 7 nitrogen and oxygen atoms in total. The van der Waals surface area contributed by atoms with Crippen LogP contribution in [0.3, 0.4) is 0 Å². The number of rotatable bonds is 9. The number of para-hydroxylation sites is 1. The summed E-state index contributed by atoms with van der Waals surface area (Å²) in [6.45, 7) is 2.66. The second-order valence-corrected chi connectivity index (χ2v) is 8.47. The maximum Gasteiger partial charge on any atom is 0.340 e. The van der Waals surface area contributed by atoms with Crippen LogP contribution in [0.25, 0.3) is 0 Å². The highest BCUT2D eigenvalue weighted by atomic mass is 32.2. The Morgan fingerprint density at radius 3 is 2.39 bits per heavy atom. The number of nitrogens with zero attached hydrogens (tertiary/aromatic N) is 1. The summed E-state index contributed by atoms with van der Waals surface area (Å²) >= 11 is 0. The predicted molar refractivity (Wildman–Crippen MR) is 109 cm³/mol. The van der Waals surface area contributed by atoms with Crippen LogP contribution in [-0.4, -0.2) is 46.4 Å². The Kier molecular flexibility index (Phi) is 7.42. The van der Waals surface area contributed by atoms with Crippen molar-refractivity contribution >= 4 is 21.7 Å². The van der Waals surface area contributed by atoms with Crippen molar-refractivity contribution in [3.8, 4) is 11.5 Å². The molecule has 0 aliphatic carbocycles. The monoisotopic (exact) mass is 406 g/mol. The molecule has 0 aliphatic heterocycles. The van der Waals surface area contributed by atoms with Crippen molar-refractivity contribution in [2.45, 2.75) is 24.7 Å². The highest BCUT2D eigenvalue weighted by Gasteiger charge is 2.25. The summed E-state index contributed by atoms with van der Waals surface area (Å²) in [5.41, 5.74) is 0.509. The maximum absolute atomic E-state index is 12.7. The summed E-state index contributed by atoms with van der Waals surface area (Å²) < 4.78 is 37.2. The van der Waals surface area contributed by atoms with Gasteiger partial charge in [-0.15, -0.1) is 0 Å². The Bertz CT molecular complexity index is 912. The third kappa shape index (κ3) is 5.02. The highest BCUT2D eigenvalue weighted by Crippen LogP contribution is 2.36. The number of nitrogens with one attached hydrogen (secondary N) is 1. The number of benzene rings is 2. The fourth-order valence-electron chi connectivity index (χ4n) is 2.49. The van der Waals surface area contributed by atoms with E-state index in [1.54, 1.807) is 24.3 Å². The Morgan fingerprint density at radius 2 is 1.82 bits per heavy atom. The Morgan fingerprint density at radius 1 is 1.14 bits per heavy atom. The van der Waals surface area contributed by atoms with E-state index in [-0.39, 0.29) is 16.2 Å². The van der Waals surface area contributed by atoms with E-state index >= 15 is 0 Å². The Balaban J connectivity index is 2.66. The number of carbonyl (C=O) groups excluding carboxylic acids is 1. The van der Waals surface area contributed by atoms with Gasteiger partial charge < -0.3 is 14.8 Å². The van der Waals surface area contributed by atoms with Crippen molar-refractivity contribution < 1.29 is 22.7 Å². The van der Waals surface area contributed by atoms with Crippen molar-refractivity contribution in [3.63, 3.8) is 0 Å². The van der Waals surface area contributed by atoms with Crippen LogP contribution in [0.1, 0.15) is 30.1 Å². The number of sulfonamides is 1. The lowest BCUT2D eigenvalue weighted by Gasteiger charge is -2.19. The van der Waals surface area contributed by atoms with Gasteiger partial charge in [-0.1, -0.05) is 31.5 Å². The largest absolute Gasteiger partial charge is 0.465 e. The van der Waals surface area contributed by atoms with Gasteiger partial charge in [-0.25, -0.2) is 17.5 Å². The zero-order valence-corrected chi connectivity index (χ0v) is 17.4. The lowest BCUT2D eigenvalue weighted by Crippen LogP contribution is -2.23. The molecule has 0 saturated carbocycles. The number of hydrogen-bond donors (Lipinski definition) is 1. The third-order valence-corrected chi connectivity index (χ3v) is 5.86. The molecule has 8 heteroatoms. The van der Waals surface area contributed by atoms with Gasteiger partial charge in [0, 0.05) is 26.7 Å². The van der Waals surface area contributed by atoms with Gasteiger partial charge in [-0.2, -0.15) is 0 Å². The molecule has 0 amide bonds. The summed E-state index contributed by atoms with van der Waals surface area (Å²) in [5.74, 6) is 0.120. The summed E-state index contributed by atoms with van der Waals surface area (Å²) in [7, 11) is 0.331. The van der Waals surface area contributed by atoms with Gasteiger partial charge in [-0.05, 0) is 24.6 Å². The minimum atomic E-state index is -3.78. The van der Waals surface area contributed by atoms with Crippen LogP contribution in [0.5, 0.6) is 11.5 Å². The molecule has 1 N–H and O–H groups in total. The molecule has 0 atom stereocenters. The molecule has 0 radical (unpaired) electrons. The quantitative estimate of drug-likeness (QED) is 0.505. The molecule has 0 unspecified atom stereocenters. The second-order valence-electron chi connectivity index (χ2n) is 6.32. The molecule has 2 aromatic carbocycles. The van der Waals surface area contributed by atoms with E-state index in [9.17, 15) is 13.2 Å². The average molecular weight is 407 g/mol. The third-order valence-electron chi connectivity index (χ3n) is 4.06. The predicted octanol–water partition coefficient (Wildman–Crippen LogP) is 3.73. The molecule has 0 aliphatic rings. The maximum atomic E-state index is 12.7. The van der Waals surface area contributed by atoms with Crippen molar-refractivity contribution in [2.24, 2.45) is 0 Å². The summed E-state index contributed by atoms with van der Waals surface area (Å²) in [6.07, 6.45) is 1.84. The van der Waals surface area contributed by atoms with Crippen molar-refractivity contribution in [1.29, 1.82) is 0 Å². The molecular weight excluding hydrogens is 380 g/mol. The minimum Gasteiger partial charge on any atom is -0.465 e. The number of anilines is 1. The molecular formula is C20H26N2O5S. The smallest absolute Gasteiger partial charge is 0.340 e. The summed E-state index contributed by atoms with van der Waals surface area (Å²) in [6, 6.07) is 11.7. The molecule has 0 spiro atoms. The molecule has 152 valence electrons. The van der Waals surface area contributed by atoms with E-state index in [1.165, 1.54) is 33.3 Å². The van der Waals surface area contributed by atoms with Crippen LogP contribution < -0.4 is 10.1 Å². The lowest BCUT2D eigenvalue weighted by atomic mass is 10.1. The Hall–Kier alpha value is -2.58. The van der Waals surface area contributed by atoms with E-state index in [4.69, 9.17) is 9.47 Å². The summed E-state index contributed by atoms with van der Waals surface area (Å²) in [5, 5.41) is 3.19. The summed E-state index contributed by atoms with van der Waals surface area (Å²) in [4.78, 5) is 12.3. The van der Waals surface area contributed by atoms with Crippen LogP contribution in [0.15, 0.2) is 47.4 Å². The van der Waals surface area contributed by atoms with Gasteiger partial charge in [0.05, 0.1) is 23.3 Å². The number of hydrogen-bond acceptors (Lipinski definition) is 6. The number of unbranched alkanes of at least 4 members (excludes halogenated alkanes) is 1. The normalized spacial score (nSPS) is 11.3. The first-order chi connectivity index (χ1) is 13.3. The average Bonchev–Trinajstić information content (AvgIpc) is 2.68. The zero-order valence-electron chi connectivity index (χ0n) is 16.6. The van der Waals surface area contributed by atoms with E-state index in [0.717, 1.165) is 17.1 Å². The van der Waals surface area contributed by atoms with Gasteiger partial charge in [-0.3, -0.25) is 0 Å². The zero-order chi connectivity index (χ0) is 20.7. The SMILES string of the molecule is CCCCNc1c(Oc2ccccc2)cc(S(=O)(=O)N(C)C)cc1C(=O)OC. The first-order valence-electron chi connectivity index (χ1n) is 8.97. The molecule has 0 bridgehead atoms. The number of methoxy groups -OCH3 is 1. The number of carbonyl (C=O) groups is 1. The Labute approximate surface area is 166 Å². The van der Waals surface area contributed by atoms with Gasteiger partial charge in [0.2, 0.25) is 10.0 Å². The minimum absolute atomic E-state index is 0.0510. The van der Waals surface area contributed by atoms with Crippen LogP contribution >= 0.6 is 0 Å². The van der Waals surface area contributed by atoms with Crippen LogP contribution in [-0.2, 0) is 14.8 Å². The van der Waals surface area contributed by atoms with Gasteiger partial charge in [0.1, 0.15) is 5.75 Å². The molecule has 2 aromatic rings. The fourth-order valence-corrected chi connectivity index (χ4v) is 3.43. The fraction of sp³-hybridized carbons (Fsp3) is 0.350. The first-order valence-corrected chi connectivity index (χ1v) is 10.4. The first kappa shape index (κ1) is 21.7. The van der Waals surface area contributed by atoms with Crippen LogP contribution in [0, 0.1) is 0 Å². The molecule has 0 heterocycles. The topological polar surface area (TPSA) is 84.9 Å². The number of ether oxygens (including phenoxy) is 2. The number of esters is 1. The standard InChI is InChI=1S/C20H26N2O5S/c1-5-6-12-21-19-17(20(23)26-4)13-16(28(24,25)22(2)3)14-18(19)27-15-10-8-7-9-11-15/h7-11,13-14,21H,5-6,12H2,1-4H3. The highest BCUT2D eigenvalue weighted by molar-refractivity contribution is 7.89. The van der Waals surface area contributed by atoms with Crippen molar-refractivity contribution in [3.05, 3.63) is 48.0 Å². The van der Waals surface area contributed by atoms with Gasteiger partial charge in [0.15, 0.2) is 5.75 Å². The molecule has 2 rings (SSSR count). The van der Waals surface area contributed by atoms with Crippen molar-refractivity contribution in [1.82, 2.24) is 4.31 Å². The van der Waals surface area contributed by atoms with Crippen molar-refractivity contribution in [2.75, 3.05) is 33.1 Å². The van der Waals surface area contributed by atoms with E-state index in [0.29, 0.717) is 18.0 Å². The van der Waals surface area contributed by atoms with Gasteiger partial charge >= 0.3 is 5.97 Å². The van der Waals surface area contributed by atoms with Crippen LogP contribution in [0.4, 0.5) is 5.69 Å². The van der Waals surface area contributed by atoms with E-state index in [2.05, 4.69) is 12.2 Å². The second kappa shape index (κ2) is 9.57. The van der Waals surface area contributed by atoms with E-state index < -0.39 is 16.0 Å². The molecule has 0 aromatic heterocycles. The van der Waals surface area contributed by atoms with E-state index in [1.807, 2.05) is 6.07 Å². The van der Waals surface area contributed by atoms with Gasteiger partial charge in [0.25, 0.3) is 0 Å². The molecule has 0 saturated heterocycles. The molecule has 0 fully saturated rings. The van der Waals surface area contributed by atoms with Crippen LogP contribution in [0.2, 0.25) is 0 Å². The molecule has 28 heavy (non-hydrogen) atoms.